The Morgan fingerprint density at radius 2 is 1.32 bits per heavy atom. The second-order valence-electron chi connectivity index (χ2n) is 8.54. The summed E-state index contributed by atoms with van der Waals surface area (Å²) < 4.78 is 0. The van der Waals surface area contributed by atoms with Crippen molar-refractivity contribution in [3.63, 3.8) is 0 Å². The van der Waals surface area contributed by atoms with Crippen molar-refractivity contribution >= 4 is 29.7 Å². The van der Waals surface area contributed by atoms with Gasteiger partial charge in [-0.05, 0) is 39.0 Å². The SMILES string of the molecule is CC(C)CC(NC(=O)C(NC(=O)C(NC(=O)C(N)CCCN=C(N)N)C(C)O)C(C)O)C(=O)O. The van der Waals surface area contributed by atoms with E-state index in [0.717, 1.165) is 0 Å². The second-order valence-corrected chi connectivity index (χ2v) is 8.54. The highest BCUT2D eigenvalue weighted by molar-refractivity contribution is 5.94. The lowest BCUT2D eigenvalue weighted by molar-refractivity contribution is -0.143. The van der Waals surface area contributed by atoms with Gasteiger partial charge in [-0.2, -0.15) is 0 Å². The van der Waals surface area contributed by atoms with Crippen LogP contribution in [-0.4, -0.2) is 87.9 Å². The van der Waals surface area contributed by atoms with E-state index in [1.165, 1.54) is 13.8 Å². The molecule has 3 amide bonds. The smallest absolute Gasteiger partial charge is 0.326 e. The minimum Gasteiger partial charge on any atom is -0.480 e. The highest BCUT2D eigenvalue weighted by Gasteiger charge is 2.34. The van der Waals surface area contributed by atoms with E-state index in [1.807, 2.05) is 0 Å². The molecule has 0 rings (SSSR count). The fourth-order valence-electron chi connectivity index (χ4n) is 2.92. The number of carboxylic acids is 1. The molecule has 14 nitrogen and oxygen atoms in total. The molecule has 0 aromatic carbocycles. The highest BCUT2D eigenvalue weighted by atomic mass is 16.4. The molecule has 0 aromatic heterocycles. The van der Waals surface area contributed by atoms with Crippen molar-refractivity contribution in [2.75, 3.05) is 6.54 Å². The summed E-state index contributed by atoms with van der Waals surface area (Å²) in [5, 5.41) is 36.2. The number of nitrogens with zero attached hydrogens (tertiary/aromatic N) is 1. The Balaban J connectivity index is 5.23. The van der Waals surface area contributed by atoms with Crippen LogP contribution in [0.2, 0.25) is 0 Å². The molecule has 34 heavy (non-hydrogen) atoms. The number of nitrogens with one attached hydrogen (secondary N) is 3. The second kappa shape index (κ2) is 15.0. The maximum atomic E-state index is 12.7. The fourth-order valence-corrected chi connectivity index (χ4v) is 2.92. The van der Waals surface area contributed by atoms with E-state index < -0.39 is 60.1 Å². The van der Waals surface area contributed by atoms with Gasteiger partial charge in [0.25, 0.3) is 0 Å². The van der Waals surface area contributed by atoms with Gasteiger partial charge >= 0.3 is 5.97 Å². The van der Waals surface area contributed by atoms with E-state index in [1.54, 1.807) is 13.8 Å². The topological polar surface area (TPSA) is 255 Å². The maximum Gasteiger partial charge on any atom is 0.326 e. The Hall–Kier alpha value is -2.97. The first-order chi connectivity index (χ1) is 15.7. The number of carbonyl (C=O) groups excluding carboxylic acids is 3. The van der Waals surface area contributed by atoms with Crippen LogP contribution in [0, 0.1) is 5.92 Å². The normalized spacial score (nSPS) is 16.4. The number of aliphatic carboxylic acids is 1. The van der Waals surface area contributed by atoms with Crippen LogP contribution in [0.4, 0.5) is 0 Å². The molecule has 0 spiro atoms. The summed E-state index contributed by atoms with van der Waals surface area (Å²) in [6, 6.07) is -5.27. The highest BCUT2D eigenvalue weighted by Crippen LogP contribution is 2.07. The lowest BCUT2D eigenvalue weighted by atomic mass is 10.0. The van der Waals surface area contributed by atoms with Crippen molar-refractivity contribution in [1.82, 2.24) is 16.0 Å². The van der Waals surface area contributed by atoms with Crippen molar-refractivity contribution in [3.05, 3.63) is 0 Å². The van der Waals surface area contributed by atoms with E-state index >= 15 is 0 Å². The summed E-state index contributed by atoms with van der Waals surface area (Å²) in [4.78, 5) is 52.8. The summed E-state index contributed by atoms with van der Waals surface area (Å²) >= 11 is 0. The average molecular weight is 490 g/mol. The van der Waals surface area contributed by atoms with Gasteiger partial charge in [0.15, 0.2) is 5.96 Å². The lowest BCUT2D eigenvalue weighted by Crippen LogP contribution is -2.61. The van der Waals surface area contributed by atoms with Gasteiger partial charge in [0.05, 0.1) is 18.2 Å². The van der Waals surface area contributed by atoms with E-state index in [4.69, 9.17) is 17.2 Å². The molecule has 12 N–H and O–H groups in total. The van der Waals surface area contributed by atoms with Gasteiger partial charge in [0.2, 0.25) is 17.7 Å². The number of carbonyl (C=O) groups is 4. The summed E-state index contributed by atoms with van der Waals surface area (Å²) in [6.45, 7) is 6.28. The first-order valence-corrected chi connectivity index (χ1v) is 11.0. The Kier molecular flexibility index (Phi) is 13.7. The van der Waals surface area contributed by atoms with Crippen LogP contribution in [-0.2, 0) is 19.2 Å². The van der Waals surface area contributed by atoms with Gasteiger partial charge < -0.3 is 48.5 Å². The Morgan fingerprint density at radius 3 is 1.74 bits per heavy atom. The van der Waals surface area contributed by atoms with Gasteiger partial charge in [-0.1, -0.05) is 13.8 Å². The van der Waals surface area contributed by atoms with Gasteiger partial charge in [-0.25, -0.2) is 4.79 Å². The Labute approximate surface area is 198 Å². The molecule has 0 aromatic rings. The summed E-state index contributed by atoms with van der Waals surface area (Å²) in [6.07, 6.45) is -2.05. The largest absolute Gasteiger partial charge is 0.480 e. The molecule has 6 unspecified atom stereocenters. The number of rotatable bonds is 15. The Bertz CT molecular complexity index is 724. The zero-order valence-electron chi connectivity index (χ0n) is 20.0. The molecular weight excluding hydrogens is 450 g/mol. The number of amides is 3. The third-order valence-electron chi connectivity index (χ3n) is 4.75. The zero-order chi connectivity index (χ0) is 26.6. The molecular formula is C20H39N7O7. The monoisotopic (exact) mass is 489 g/mol. The molecule has 0 aliphatic heterocycles. The van der Waals surface area contributed by atoms with Crippen LogP contribution in [0.25, 0.3) is 0 Å². The third-order valence-corrected chi connectivity index (χ3v) is 4.75. The number of aliphatic hydroxyl groups excluding tert-OH is 2. The molecule has 0 heterocycles. The zero-order valence-corrected chi connectivity index (χ0v) is 20.0. The minimum atomic E-state index is -1.53. The average Bonchev–Trinajstić information content (AvgIpc) is 2.70. The first kappa shape index (κ1) is 31.0. The number of hydrogen-bond acceptors (Lipinski definition) is 8. The van der Waals surface area contributed by atoms with Gasteiger partial charge in [-0.15, -0.1) is 0 Å². The summed E-state index contributed by atoms with van der Waals surface area (Å²) in [7, 11) is 0. The van der Waals surface area contributed by atoms with Gasteiger partial charge in [-0.3, -0.25) is 19.4 Å². The van der Waals surface area contributed by atoms with Crippen molar-refractivity contribution in [1.29, 1.82) is 0 Å². The standard InChI is InChI=1S/C20H39N7O7/c1-9(2)8-13(19(33)34)25-17(31)14(10(3)28)27-18(32)15(11(4)29)26-16(30)12(21)6-5-7-24-20(22)23/h9-15,28-29H,5-8,21H2,1-4H3,(H,25,31)(H,26,30)(H,27,32)(H,33,34)(H4,22,23,24). The molecule has 6 atom stereocenters. The molecule has 0 aliphatic rings. The quantitative estimate of drug-likeness (QED) is 0.0629. The van der Waals surface area contributed by atoms with Gasteiger partial charge in [0, 0.05) is 6.54 Å². The number of aliphatic hydroxyl groups is 2. The van der Waals surface area contributed by atoms with Crippen LogP contribution >= 0.6 is 0 Å². The summed E-state index contributed by atoms with van der Waals surface area (Å²) in [5.41, 5.74) is 16.2. The molecule has 196 valence electrons. The fraction of sp³-hybridized carbons (Fsp3) is 0.750. The van der Waals surface area contributed by atoms with Crippen LogP contribution in [0.15, 0.2) is 4.99 Å². The van der Waals surface area contributed by atoms with Crippen molar-refractivity contribution in [2.24, 2.45) is 28.1 Å². The van der Waals surface area contributed by atoms with Crippen molar-refractivity contribution in [3.8, 4) is 0 Å². The molecule has 0 radical (unpaired) electrons. The third kappa shape index (κ3) is 11.8. The number of hydrogen-bond donors (Lipinski definition) is 9. The van der Waals surface area contributed by atoms with Crippen molar-refractivity contribution in [2.45, 2.75) is 83.3 Å². The van der Waals surface area contributed by atoms with Crippen LogP contribution in [0.1, 0.15) is 47.0 Å². The molecule has 0 fully saturated rings. The minimum absolute atomic E-state index is 0.0421. The number of guanidine groups is 1. The number of aliphatic imine (C=N–C) groups is 1. The lowest BCUT2D eigenvalue weighted by Gasteiger charge is -2.27. The van der Waals surface area contributed by atoms with Crippen LogP contribution in [0.3, 0.4) is 0 Å². The first-order valence-electron chi connectivity index (χ1n) is 11.0. The van der Waals surface area contributed by atoms with E-state index in [9.17, 15) is 34.5 Å². The van der Waals surface area contributed by atoms with E-state index in [0.29, 0.717) is 6.42 Å². The molecule has 0 aliphatic carbocycles. The van der Waals surface area contributed by atoms with Crippen molar-refractivity contribution < 1.29 is 34.5 Å². The molecule has 0 saturated carbocycles. The van der Waals surface area contributed by atoms with E-state index in [-0.39, 0.29) is 31.3 Å². The Morgan fingerprint density at radius 1 is 0.853 bits per heavy atom. The number of nitrogens with two attached hydrogens (primary N) is 3. The van der Waals surface area contributed by atoms with E-state index in [2.05, 4.69) is 20.9 Å². The van der Waals surface area contributed by atoms with Crippen LogP contribution < -0.4 is 33.2 Å². The predicted octanol–water partition coefficient (Wildman–Crippen LogP) is -3.29. The van der Waals surface area contributed by atoms with Crippen LogP contribution in [0.5, 0.6) is 0 Å². The molecule has 0 saturated heterocycles. The number of carboxylic acid groups (broad SMARTS) is 1. The summed E-state index contributed by atoms with van der Waals surface area (Å²) in [5.74, 6) is -4.03. The van der Waals surface area contributed by atoms with Gasteiger partial charge in [0.1, 0.15) is 18.1 Å². The maximum absolute atomic E-state index is 12.7. The predicted molar refractivity (Wildman–Crippen MR) is 124 cm³/mol. The molecule has 14 heteroatoms. The molecule has 0 bridgehead atoms.